The van der Waals surface area contributed by atoms with E-state index in [9.17, 15) is 28.8 Å². The Morgan fingerprint density at radius 1 is 0.775 bits per heavy atom. The molecule has 1 fully saturated rings. The number of nitrogens with one attached hydrogen (secondary N) is 5. The number of benzene rings is 1. The Balaban J connectivity index is 0.710. The second-order valence-electron chi connectivity index (χ2n) is 15.5. The third-order valence-electron chi connectivity index (χ3n) is 10.6. The van der Waals surface area contributed by atoms with Gasteiger partial charge >= 0.3 is 6.03 Å². The number of urea groups is 1. The molecule has 1 saturated heterocycles. The van der Waals surface area contributed by atoms with E-state index in [1.54, 1.807) is 25.1 Å². The van der Waals surface area contributed by atoms with Crippen LogP contribution in [-0.4, -0.2) is 172 Å². The monoisotopic (exact) mass is 1030 g/mol. The van der Waals surface area contributed by atoms with Crippen LogP contribution >= 0.6 is 23.2 Å². The SMILES string of the molecule is COC(C)c1c(NC(=O)Nc2cc(Cl)cnc2OCCNC(=O)CCOCCOCCOCCOCCOCCOCCNc2cccc3c2C(=O)N(C2CCC(=O)NC2=O)C3=O)cnc2cc(Cl)nn12. The van der Waals surface area contributed by atoms with Gasteiger partial charge in [0.25, 0.3) is 11.8 Å². The van der Waals surface area contributed by atoms with Gasteiger partial charge in [0.1, 0.15) is 18.3 Å². The molecule has 0 saturated carbocycles. The third-order valence-corrected chi connectivity index (χ3v) is 11.0. The molecule has 4 aromatic rings. The number of piperidine rings is 1. The van der Waals surface area contributed by atoms with Gasteiger partial charge in [-0.25, -0.2) is 19.3 Å². The molecule has 384 valence electrons. The molecule has 0 aliphatic carbocycles. The zero-order valence-corrected chi connectivity index (χ0v) is 40.6. The number of carbonyl (C=O) groups is 6. The average Bonchev–Trinajstić information content (AvgIpc) is 3.85. The smallest absolute Gasteiger partial charge is 0.323 e. The van der Waals surface area contributed by atoms with Gasteiger partial charge in [-0.2, -0.15) is 5.10 Å². The lowest BCUT2D eigenvalue weighted by Crippen LogP contribution is -2.54. The largest absolute Gasteiger partial charge is 0.474 e. The zero-order valence-electron chi connectivity index (χ0n) is 39.1. The summed E-state index contributed by atoms with van der Waals surface area (Å²) in [5.41, 5.74) is 2.37. The zero-order chi connectivity index (χ0) is 50.5. The summed E-state index contributed by atoms with van der Waals surface area (Å²) in [5, 5.41) is 18.2. The number of aromatic nitrogens is 4. The van der Waals surface area contributed by atoms with Crippen LogP contribution in [0.25, 0.3) is 5.65 Å². The van der Waals surface area contributed by atoms with Crippen molar-refractivity contribution in [1.29, 1.82) is 0 Å². The first-order valence-corrected chi connectivity index (χ1v) is 23.5. The number of anilines is 3. The van der Waals surface area contributed by atoms with Crippen molar-refractivity contribution >= 4 is 81.5 Å². The van der Waals surface area contributed by atoms with Gasteiger partial charge in [-0.3, -0.25) is 34.2 Å². The molecule has 5 heterocycles. The molecular formula is C45H56Cl2N10O14. The lowest BCUT2D eigenvalue weighted by molar-refractivity contribution is -0.136. The summed E-state index contributed by atoms with van der Waals surface area (Å²) in [6.45, 7) is 6.48. The molecule has 0 radical (unpaired) electrons. The quantitative estimate of drug-likeness (QED) is 0.0357. The third kappa shape index (κ3) is 16.0. The molecule has 2 atom stereocenters. The molecule has 5 N–H and O–H groups in total. The van der Waals surface area contributed by atoms with E-state index in [2.05, 4.69) is 41.7 Å². The number of methoxy groups -OCH3 is 1. The van der Waals surface area contributed by atoms with Crippen LogP contribution in [0, 0.1) is 0 Å². The fraction of sp³-hybridized carbons (Fsp3) is 0.489. The highest BCUT2D eigenvalue weighted by Gasteiger charge is 2.45. The number of imide groups is 2. The summed E-state index contributed by atoms with van der Waals surface area (Å²) in [6, 6.07) is 6.27. The molecule has 26 heteroatoms. The Labute approximate surface area is 417 Å². The number of ether oxygens (including phenoxy) is 8. The molecule has 6 rings (SSSR count). The van der Waals surface area contributed by atoms with Crippen LogP contribution in [0.3, 0.4) is 0 Å². The van der Waals surface area contributed by atoms with E-state index in [0.29, 0.717) is 102 Å². The average molecular weight is 1030 g/mol. The number of pyridine rings is 1. The van der Waals surface area contributed by atoms with Gasteiger partial charge in [0, 0.05) is 44.4 Å². The Morgan fingerprint density at radius 3 is 2.08 bits per heavy atom. The summed E-state index contributed by atoms with van der Waals surface area (Å²) in [7, 11) is 1.52. The maximum absolute atomic E-state index is 13.2. The number of hydrogen-bond donors (Lipinski definition) is 5. The Morgan fingerprint density at radius 2 is 1.42 bits per heavy atom. The van der Waals surface area contributed by atoms with Crippen LogP contribution in [-0.2, 0) is 47.5 Å². The second-order valence-corrected chi connectivity index (χ2v) is 16.3. The van der Waals surface area contributed by atoms with Gasteiger partial charge in [-0.15, -0.1) is 0 Å². The van der Waals surface area contributed by atoms with Gasteiger partial charge in [0.15, 0.2) is 10.8 Å². The van der Waals surface area contributed by atoms with Crippen LogP contribution in [0.1, 0.15) is 58.7 Å². The van der Waals surface area contributed by atoms with Crippen molar-refractivity contribution in [3.63, 3.8) is 0 Å². The molecule has 71 heavy (non-hydrogen) atoms. The second kappa shape index (κ2) is 28.1. The fourth-order valence-electron chi connectivity index (χ4n) is 7.14. The summed E-state index contributed by atoms with van der Waals surface area (Å²) in [5.74, 6) is -2.38. The van der Waals surface area contributed by atoms with Gasteiger partial charge in [-0.1, -0.05) is 29.3 Å². The maximum Gasteiger partial charge on any atom is 0.323 e. The number of fused-ring (bicyclic) bond motifs is 2. The molecule has 0 spiro atoms. The first kappa shape index (κ1) is 54.2. The Bertz CT molecular complexity index is 2480. The lowest BCUT2D eigenvalue weighted by atomic mass is 10.0. The number of rotatable bonds is 31. The van der Waals surface area contributed by atoms with Crippen molar-refractivity contribution in [2.75, 3.05) is 122 Å². The molecule has 24 nitrogen and oxygen atoms in total. The van der Waals surface area contributed by atoms with Crippen molar-refractivity contribution in [2.45, 2.75) is 38.3 Å². The van der Waals surface area contributed by atoms with Crippen molar-refractivity contribution in [3.05, 3.63) is 69.7 Å². The van der Waals surface area contributed by atoms with E-state index in [4.69, 9.17) is 61.1 Å². The number of carbonyl (C=O) groups excluding carboxylic acids is 6. The minimum absolute atomic E-state index is 0.0498. The van der Waals surface area contributed by atoms with E-state index < -0.39 is 41.8 Å². The number of hydrogen-bond acceptors (Lipinski definition) is 18. The minimum atomic E-state index is -1.03. The predicted molar refractivity (Wildman–Crippen MR) is 255 cm³/mol. The predicted octanol–water partition coefficient (Wildman–Crippen LogP) is 3.28. The van der Waals surface area contributed by atoms with Gasteiger partial charge in [0.05, 0.1) is 126 Å². The standard InChI is InChI=1S/C45H56Cl2N10O14/c1-28(64-2)40-33(27-50-36-25-35(47)55-57(36)40)53-45(63)52-32-24-29(46)26-51-42(32)71-13-10-49-37(58)8-11-65-14-16-67-18-20-69-22-23-70-21-19-68-17-15-66-12-9-48-31-5-3-4-30-39(31)44(62)56(43(30)61)34-6-7-38(59)54-41(34)60/h3-5,24-28,34,48H,6-23H2,1-2H3,(H,49,58)(H2,52,53,63)(H,54,59,60). The number of halogens is 2. The molecule has 0 bridgehead atoms. The van der Waals surface area contributed by atoms with Crippen LogP contribution in [0.5, 0.6) is 5.88 Å². The highest BCUT2D eigenvalue weighted by Crippen LogP contribution is 2.33. The van der Waals surface area contributed by atoms with Gasteiger partial charge in [-0.05, 0) is 31.5 Å². The van der Waals surface area contributed by atoms with Crippen molar-refractivity contribution < 1.29 is 66.7 Å². The fourth-order valence-corrected chi connectivity index (χ4v) is 7.47. The minimum Gasteiger partial charge on any atom is -0.474 e. The normalized spacial score (nSPS) is 14.9. The Hall–Kier alpha value is -6.09. The lowest BCUT2D eigenvalue weighted by Gasteiger charge is -2.27. The summed E-state index contributed by atoms with van der Waals surface area (Å²) in [4.78, 5) is 84.9. The van der Waals surface area contributed by atoms with Crippen molar-refractivity contribution in [1.82, 2.24) is 35.1 Å². The van der Waals surface area contributed by atoms with Gasteiger partial charge < -0.3 is 59.2 Å². The topological polar surface area (TPSA) is 283 Å². The summed E-state index contributed by atoms with van der Waals surface area (Å²) >= 11 is 12.2. The van der Waals surface area contributed by atoms with Crippen LogP contribution < -0.4 is 31.3 Å². The summed E-state index contributed by atoms with van der Waals surface area (Å²) in [6.07, 6.45) is 2.63. The molecule has 2 aliphatic rings. The molecule has 1 aromatic carbocycles. The molecule has 7 amide bonds. The molecule has 3 aromatic heterocycles. The highest BCUT2D eigenvalue weighted by molar-refractivity contribution is 6.31. The van der Waals surface area contributed by atoms with Crippen LogP contribution in [0.15, 0.2) is 42.7 Å². The first-order chi connectivity index (χ1) is 34.4. The number of amides is 7. The van der Waals surface area contributed by atoms with E-state index in [1.807, 2.05) is 0 Å². The van der Waals surface area contributed by atoms with Crippen LogP contribution in [0.4, 0.5) is 21.9 Å². The maximum atomic E-state index is 13.2. The van der Waals surface area contributed by atoms with E-state index in [0.717, 1.165) is 4.90 Å². The first-order valence-electron chi connectivity index (χ1n) is 22.7. The molecule has 2 aliphatic heterocycles. The van der Waals surface area contributed by atoms with E-state index in [-0.39, 0.29) is 77.8 Å². The van der Waals surface area contributed by atoms with Crippen molar-refractivity contribution in [3.8, 4) is 5.88 Å². The van der Waals surface area contributed by atoms with E-state index >= 15 is 0 Å². The summed E-state index contributed by atoms with van der Waals surface area (Å²) < 4.78 is 45.8. The Kier molecular flexibility index (Phi) is 21.5. The van der Waals surface area contributed by atoms with E-state index in [1.165, 1.54) is 36.2 Å². The van der Waals surface area contributed by atoms with Gasteiger partial charge in [0.2, 0.25) is 23.6 Å². The molecular weight excluding hydrogens is 975 g/mol. The molecule has 2 unspecified atom stereocenters. The number of nitrogens with zero attached hydrogens (tertiary/aromatic N) is 5. The highest BCUT2D eigenvalue weighted by atomic mass is 35.5. The van der Waals surface area contributed by atoms with Crippen molar-refractivity contribution in [2.24, 2.45) is 0 Å². The van der Waals surface area contributed by atoms with Crippen LogP contribution in [0.2, 0.25) is 10.2 Å².